The summed E-state index contributed by atoms with van der Waals surface area (Å²) in [4.78, 5) is 36.8. The summed E-state index contributed by atoms with van der Waals surface area (Å²) in [5.41, 5.74) is 3.01. The highest BCUT2D eigenvalue weighted by atomic mass is 79.9. The van der Waals surface area contributed by atoms with Gasteiger partial charge in [-0.1, -0.05) is 30.3 Å². The zero-order valence-corrected chi connectivity index (χ0v) is 21.8. The largest absolute Gasteiger partial charge is 0.324 e. The maximum absolute atomic E-state index is 13.4. The molecule has 2 N–H and O–H groups in total. The number of piperidine rings is 1. The molecule has 6 rings (SSSR count). The van der Waals surface area contributed by atoms with Gasteiger partial charge in [0.1, 0.15) is 11.7 Å². The average Bonchev–Trinajstić information content (AvgIpc) is 2.92. The van der Waals surface area contributed by atoms with Gasteiger partial charge in [-0.3, -0.25) is 14.2 Å². The lowest BCUT2D eigenvalue weighted by atomic mass is 9.90. The lowest BCUT2D eigenvalue weighted by Gasteiger charge is -2.25. The number of carbonyl (C=O) groups excluding carboxylic acids is 1. The molecule has 1 atom stereocenters. The molecule has 4 heterocycles. The molecule has 0 saturated carbocycles. The number of anilines is 2. The predicted molar refractivity (Wildman–Crippen MR) is 147 cm³/mol. The molecule has 1 unspecified atom stereocenters. The van der Waals surface area contributed by atoms with Crippen LogP contribution < -0.4 is 16.2 Å². The Balaban J connectivity index is 1.34. The first kappa shape index (κ1) is 23.4. The van der Waals surface area contributed by atoms with E-state index < -0.39 is 6.04 Å². The Morgan fingerprint density at radius 3 is 2.64 bits per heavy atom. The molecule has 0 amide bonds. The molecule has 0 spiro atoms. The van der Waals surface area contributed by atoms with E-state index >= 15 is 0 Å². The van der Waals surface area contributed by atoms with E-state index in [-0.39, 0.29) is 11.3 Å². The first-order chi connectivity index (χ1) is 17.6. The number of thioether (sulfide) groups is 1. The molecule has 0 bridgehead atoms. The number of halogens is 1. The summed E-state index contributed by atoms with van der Waals surface area (Å²) in [6, 6.07) is 17.0. The van der Waals surface area contributed by atoms with E-state index in [0.29, 0.717) is 38.7 Å². The molecule has 0 radical (unpaired) electrons. The fraction of sp³-hybridized carbons (Fsp3) is 0.259. The normalized spacial score (nSPS) is 18.2. The summed E-state index contributed by atoms with van der Waals surface area (Å²) in [6.45, 7) is 2.11. The molecular weight excluding hydrogens is 538 g/mol. The first-order valence-corrected chi connectivity index (χ1v) is 13.8. The average molecular weight is 562 g/mol. The van der Waals surface area contributed by atoms with Gasteiger partial charge in [0.2, 0.25) is 5.95 Å². The molecule has 1 saturated heterocycles. The highest BCUT2D eigenvalue weighted by Gasteiger charge is 2.31. The van der Waals surface area contributed by atoms with Crippen molar-refractivity contribution in [1.82, 2.24) is 19.9 Å². The molecule has 2 aliphatic heterocycles. The number of benzene rings is 2. The van der Waals surface area contributed by atoms with E-state index in [1.807, 2.05) is 36.4 Å². The highest BCUT2D eigenvalue weighted by Crippen LogP contribution is 2.36. The molecule has 2 aromatic heterocycles. The number of hydrogen-bond donors (Lipinski definition) is 2. The van der Waals surface area contributed by atoms with Crippen LogP contribution >= 0.6 is 27.7 Å². The summed E-state index contributed by atoms with van der Waals surface area (Å²) in [7, 11) is 0. The molecule has 0 aliphatic carbocycles. The van der Waals surface area contributed by atoms with E-state index in [2.05, 4.69) is 43.7 Å². The Morgan fingerprint density at radius 2 is 1.83 bits per heavy atom. The summed E-state index contributed by atoms with van der Waals surface area (Å²) in [5, 5.41) is 7.36. The fourth-order valence-corrected chi connectivity index (χ4v) is 6.55. The maximum Gasteiger partial charge on any atom is 0.267 e. The lowest BCUT2D eigenvalue weighted by molar-refractivity contribution is 0.0931. The maximum atomic E-state index is 13.4. The zero-order chi connectivity index (χ0) is 24.6. The first-order valence-electron chi connectivity index (χ1n) is 12.0. The smallest absolute Gasteiger partial charge is 0.267 e. The Bertz CT molecular complexity index is 1520. The van der Waals surface area contributed by atoms with Gasteiger partial charge in [0.05, 0.1) is 4.47 Å². The van der Waals surface area contributed by atoms with E-state index in [4.69, 9.17) is 4.98 Å². The Labute approximate surface area is 220 Å². The van der Waals surface area contributed by atoms with E-state index in [1.165, 1.54) is 10.1 Å². The van der Waals surface area contributed by atoms with Crippen LogP contribution in [0.1, 0.15) is 40.7 Å². The van der Waals surface area contributed by atoms with Crippen molar-refractivity contribution in [3.05, 3.63) is 86.7 Å². The van der Waals surface area contributed by atoms with Crippen molar-refractivity contribution in [3.8, 4) is 0 Å². The number of fused-ring (bicyclic) bond motifs is 2. The van der Waals surface area contributed by atoms with Gasteiger partial charge >= 0.3 is 0 Å². The van der Waals surface area contributed by atoms with E-state index in [9.17, 15) is 9.59 Å². The minimum absolute atomic E-state index is 0.0764. The molecule has 2 aromatic carbocycles. The topological polar surface area (TPSA) is 88.9 Å². The number of Topliss-reactive ketones (excluding diaryl/α,β-unsaturated/α-hetero) is 1. The molecule has 7 nitrogen and oxygen atoms in total. The van der Waals surface area contributed by atoms with Crippen molar-refractivity contribution in [1.29, 1.82) is 0 Å². The van der Waals surface area contributed by atoms with Crippen molar-refractivity contribution in [2.24, 2.45) is 0 Å². The Kier molecular flexibility index (Phi) is 6.37. The SMILES string of the molecule is O=C1c2ccccc2SCC1n1c(=O)c(Br)cc2cnc(Nc3ccc(C4CCNCC4)cc3)nc21. The number of pyridine rings is 1. The monoisotopic (exact) mass is 561 g/mol. The summed E-state index contributed by atoms with van der Waals surface area (Å²) in [5.74, 6) is 1.35. The number of aromatic nitrogens is 3. The Morgan fingerprint density at radius 1 is 1.06 bits per heavy atom. The Hall–Kier alpha value is -3.01. The number of hydrogen-bond acceptors (Lipinski definition) is 7. The predicted octanol–water partition coefficient (Wildman–Crippen LogP) is 5.29. The van der Waals surface area contributed by atoms with Gasteiger partial charge in [-0.05, 0) is 77.6 Å². The van der Waals surface area contributed by atoms with Gasteiger partial charge in [0, 0.05) is 33.5 Å². The van der Waals surface area contributed by atoms with Gasteiger partial charge in [-0.2, -0.15) is 4.98 Å². The third kappa shape index (κ3) is 4.36. The number of ketones is 1. The van der Waals surface area contributed by atoms with Crippen molar-refractivity contribution >= 4 is 56.1 Å². The molecule has 36 heavy (non-hydrogen) atoms. The number of nitrogens with one attached hydrogen (secondary N) is 2. The second-order valence-electron chi connectivity index (χ2n) is 9.10. The molecule has 1 fully saturated rings. The van der Waals surface area contributed by atoms with Crippen LogP contribution in [0.25, 0.3) is 11.0 Å². The van der Waals surface area contributed by atoms with Crippen LogP contribution in [0.5, 0.6) is 0 Å². The number of nitrogens with zero attached hydrogens (tertiary/aromatic N) is 3. The van der Waals surface area contributed by atoms with Crippen LogP contribution in [-0.4, -0.2) is 39.2 Å². The van der Waals surface area contributed by atoms with Gasteiger partial charge < -0.3 is 10.6 Å². The van der Waals surface area contributed by atoms with E-state index in [1.54, 1.807) is 24.0 Å². The summed E-state index contributed by atoms with van der Waals surface area (Å²) >= 11 is 4.95. The van der Waals surface area contributed by atoms with Gasteiger partial charge in [-0.25, -0.2) is 4.98 Å². The summed E-state index contributed by atoms with van der Waals surface area (Å²) in [6.07, 6.45) is 3.98. The number of rotatable bonds is 4. The standard InChI is InChI=1S/C27H24BrN5O2S/c28-21-13-18-14-30-27(31-19-7-5-16(6-8-19)17-9-11-29-12-10-17)32-25(18)33(26(21)35)22-15-36-23-4-2-1-3-20(23)24(22)34/h1-8,13-14,17,22,29H,9-12,15H2,(H,30,31,32). The highest BCUT2D eigenvalue weighted by molar-refractivity contribution is 9.10. The summed E-state index contributed by atoms with van der Waals surface area (Å²) < 4.78 is 1.89. The second-order valence-corrected chi connectivity index (χ2v) is 11.0. The van der Waals surface area contributed by atoms with Crippen molar-refractivity contribution in [2.75, 3.05) is 24.2 Å². The fourth-order valence-electron chi connectivity index (χ4n) is 4.97. The minimum atomic E-state index is -0.649. The third-order valence-corrected chi connectivity index (χ3v) is 8.59. The van der Waals surface area contributed by atoms with Crippen LogP contribution in [-0.2, 0) is 0 Å². The van der Waals surface area contributed by atoms with Gasteiger partial charge in [0.25, 0.3) is 5.56 Å². The molecule has 4 aromatic rings. The van der Waals surface area contributed by atoms with Crippen molar-refractivity contribution in [3.63, 3.8) is 0 Å². The second kappa shape index (κ2) is 9.80. The third-order valence-electron chi connectivity index (χ3n) is 6.87. The number of carbonyl (C=O) groups is 1. The zero-order valence-electron chi connectivity index (χ0n) is 19.4. The van der Waals surface area contributed by atoms with Crippen molar-refractivity contribution in [2.45, 2.75) is 29.7 Å². The van der Waals surface area contributed by atoms with Crippen molar-refractivity contribution < 1.29 is 4.79 Å². The molecular formula is C27H24BrN5O2S. The quantitative estimate of drug-likeness (QED) is 0.349. The molecule has 182 valence electrons. The van der Waals surface area contributed by atoms with Crippen LogP contribution in [0, 0.1) is 0 Å². The van der Waals surface area contributed by atoms with Crippen LogP contribution in [0.15, 0.2) is 75.0 Å². The van der Waals surface area contributed by atoms with Crippen LogP contribution in [0.4, 0.5) is 11.6 Å². The molecule has 2 aliphatic rings. The lowest BCUT2D eigenvalue weighted by Crippen LogP contribution is -2.34. The van der Waals surface area contributed by atoms with Crippen LogP contribution in [0.3, 0.4) is 0 Å². The minimum Gasteiger partial charge on any atom is -0.324 e. The van der Waals surface area contributed by atoms with E-state index in [0.717, 1.165) is 36.5 Å². The van der Waals surface area contributed by atoms with Crippen LogP contribution in [0.2, 0.25) is 0 Å². The molecule has 9 heteroatoms. The van der Waals surface area contributed by atoms with Gasteiger partial charge in [-0.15, -0.1) is 11.8 Å². The van der Waals surface area contributed by atoms with Gasteiger partial charge in [0.15, 0.2) is 5.78 Å².